The largest absolute Gasteiger partial charge is 0.370 e. The van der Waals surface area contributed by atoms with Crippen LogP contribution >= 0.6 is 0 Å². The van der Waals surface area contributed by atoms with Crippen molar-refractivity contribution in [3.63, 3.8) is 0 Å². The van der Waals surface area contributed by atoms with Gasteiger partial charge in [0, 0.05) is 0 Å². The summed E-state index contributed by atoms with van der Waals surface area (Å²) in [6.07, 6.45) is 4.76. The minimum Gasteiger partial charge on any atom is -0.370 e. The predicted molar refractivity (Wildman–Crippen MR) is 58.6 cm³/mol. The third kappa shape index (κ3) is 3.57. The molecule has 0 atom stereocenters. The zero-order valence-corrected chi connectivity index (χ0v) is 8.23. The first-order chi connectivity index (χ1) is 7.59. The Morgan fingerprint density at radius 2 is 1.94 bits per heavy atom. The summed E-state index contributed by atoms with van der Waals surface area (Å²) in [5, 5.41) is 15.0. The molecule has 0 aliphatic rings. The zero-order valence-electron chi connectivity index (χ0n) is 8.23. The van der Waals surface area contributed by atoms with E-state index in [0.717, 1.165) is 5.52 Å². The van der Waals surface area contributed by atoms with Crippen molar-refractivity contribution < 1.29 is 0 Å². The Labute approximate surface area is 90.3 Å². The van der Waals surface area contributed by atoms with Gasteiger partial charge in [-0.3, -0.25) is 16.1 Å². The summed E-state index contributed by atoms with van der Waals surface area (Å²) in [6, 6.07) is 0. The van der Waals surface area contributed by atoms with Crippen LogP contribution in [0.15, 0.2) is 18.9 Å². The van der Waals surface area contributed by atoms with Gasteiger partial charge in [0.1, 0.15) is 11.8 Å². The predicted octanol–water partition coefficient (Wildman–Crippen LogP) is -1.28. The Morgan fingerprint density at radius 1 is 1.25 bits per heavy atom. The van der Waals surface area contributed by atoms with Gasteiger partial charge in [-0.25, -0.2) is 15.0 Å². The van der Waals surface area contributed by atoms with Gasteiger partial charge in [-0.05, 0) is 0 Å². The van der Waals surface area contributed by atoms with Gasteiger partial charge in [0.15, 0.2) is 17.6 Å². The minimum absolute atomic E-state index is 0.312. The Morgan fingerprint density at radius 3 is 2.44 bits per heavy atom. The maximum atomic E-state index is 6.47. The first-order valence-electron chi connectivity index (χ1n) is 4.13. The maximum Gasteiger partial charge on any atom is 0.192 e. The number of H-pyrrole nitrogens is 1. The summed E-state index contributed by atoms with van der Waals surface area (Å²) in [5.41, 5.74) is 11.1. The normalized spacial score (nSPS) is 9.00. The number of imidazole rings is 1. The van der Waals surface area contributed by atoms with E-state index in [4.69, 9.17) is 22.3 Å². The van der Waals surface area contributed by atoms with Crippen LogP contribution in [0.5, 0.6) is 0 Å². The number of hydrogen-bond donors (Lipinski definition) is 6. The summed E-state index contributed by atoms with van der Waals surface area (Å²) in [5.74, 6) is -0.625. The van der Waals surface area contributed by atoms with Crippen LogP contribution in [0, 0.1) is 10.8 Å². The molecule has 0 spiro atoms. The van der Waals surface area contributed by atoms with Crippen molar-refractivity contribution in [2.24, 2.45) is 11.5 Å². The van der Waals surface area contributed by atoms with Gasteiger partial charge in [0.2, 0.25) is 0 Å². The third-order valence-electron chi connectivity index (χ3n) is 1.37. The van der Waals surface area contributed by atoms with Gasteiger partial charge in [0.25, 0.3) is 0 Å². The summed E-state index contributed by atoms with van der Waals surface area (Å²) in [4.78, 5) is 14.5. The van der Waals surface area contributed by atoms with E-state index in [-0.39, 0.29) is 11.9 Å². The number of rotatable bonds is 0. The highest BCUT2D eigenvalue weighted by molar-refractivity contribution is 5.93. The highest BCUT2D eigenvalue weighted by Gasteiger charge is 1.91. The summed E-state index contributed by atoms with van der Waals surface area (Å²) >= 11 is 0. The average Bonchev–Trinajstić information content (AvgIpc) is 2.63. The molecule has 0 aliphatic carbocycles. The van der Waals surface area contributed by atoms with Crippen LogP contribution in [0.4, 0.5) is 0 Å². The fraction of sp³-hybridized carbons (Fsp3) is 0. The van der Waals surface area contributed by atoms with Gasteiger partial charge >= 0.3 is 0 Å². The molecule has 0 aromatic carbocycles. The van der Waals surface area contributed by atoms with Crippen LogP contribution < -0.4 is 16.8 Å². The molecule has 9 heteroatoms. The molecule has 0 bridgehead atoms. The Balaban J connectivity index is 0.000000168. The number of fused-ring (bicyclic) bond motifs is 1. The van der Waals surface area contributed by atoms with Crippen LogP contribution in [0.25, 0.3) is 11.2 Å². The molecule has 0 amide bonds. The Hall–Kier alpha value is -2.71. The van der Waals surface area contributed by atoms with Crippen molar-refractivity contribution in [2.75, 3.05) is 0 Å². The van der Waals surface area contributed by atoms with Crippen LogP contribution in [-0.4, -0.2) is 31.9 Å². The Bertz CT molecular complexity index is 445. The van der Waals surface area contributed by atoms with E-state index in [0.29, 0.717) is 5.65 Å². The molecule has 9 nitrogen and oxygen atoms in total. The quantitative estimate of drug-likeness (QED) is 0.239. The van der Waals surface area contributed by atoms with Crippen LogP contribution in [0.2, 0.25) is 0 Å². The lowest BCUT2D eigenvalue weighted by atomic mass is 10.6. The van der Waals surface area contributed by atoms with Crippen LogP contribution in [0.3, 0.4) is 0 Å². The SMILES string of the molecule is N=C(N)NC(=N)N.c1ncc2[nH]cnc2n1. The molecular formula is C7H11N9. The number of nitrogens with zero attached hydrogens (tertiary/aromatic N) is 3. The molecule has 84 valence electrons. The number of aromatic amines is 1. The fourth-order valence-electron chi connectivity index (χ4n) is 0.836. The zero-order chi connectivity index (χ0) is 12.0. The molecule has 0 unspecified atom stereocenters. The van der Waals surface area contributed by atoms with Gasteiger partial charge in [-0.1, -0.05) is 0 Å². The second-order valence-electron chi connectivity index (χ2n) is 2.61. The highest BCUT2D eigenvalue weighted by Crippen LogP contribution is 1.99. The average molecular weight is 221 g/mol. The number of aromatic nitrogens is 4. The van der Waals surface area contributed by atoms with Crippen molar-refractivity contribution >= 4 is 23.1 Å². The molecular weight excluding hydrogens is 210 g/mol. The molecule has 0 aliphatic heterocycles. The van der Waals surface area contributed by atoms with E-state index in [1.54, 1.807) is 12.5 Å². The van der Waals surface area contributed by atoms with Gasteiger partial charge in [0.05, 0.1) is 12.5 Å². The van der Waals surface area contributed by atoms with Gasteiger partial charge < -0.3 is 16.5 Å². The van der Waals surface area contributed by atoms with Gasteiger partial charge in [-0.2, -0.15) is 0 Å². The van der Waals surface area contributed by atoms with Crippen molar-refractivity contribution in [2.45, 2.75) is 0 Å². The topological polar surface area (TPSA) is 166 Å². The molecule has 0 radical (unpaired) electrons. The van der Waals surface area contributed by atoms with Crippen molar-refractivity contribution in [3.05, 3.63) is 18.9 Å². The molecule has 0 fully saturated rings. The summed E-state index contributed by atoms with van der Waals surface area (Å²) in [7, 11) is 0. The summed E-state index contributed by atoms with van der Waals surface area (Å²) < 4.78 is 0. The maximum absolute atomic E-state index is 6.47. The second-order valence-corrected chi connectivity index (χ2v) is 2.61. The van der Waals surface area contributed by atoms with Crippen molar-refractivity contribution in [1.82, 2.24) is 25.3 Å². The number of hydrogen-bond acceptors (Lipinski definition) is 5. The lowest BCUT2D eigenvalue weighted by Crippen LogP contribution is -2.39. The first-order valence-corrected chi connectivity index (χ1v) is 4.13. The van der Waals surface area contributed by atoms with E-state index >= 15 is 0 Å². The standard InChI is InChI=1S/C5H4N4.C2H7N5/c1-4-5(8-2-6-1)9-3-7-4;3-1(4)7-2(5)6/h1-3H,(H,6,7,8,9);(H7,3,4,5,6,7). The van der Waals surface area contributed by atoms with E-state index in [9.17, 15) is 0 Å². The first kappa shape index (κ1) is 11.4. The van der Waals surface area contributed by atoms with Crippen LogP contribution in [0.1, 0.15) is 0 Å². The third-order valence-corrected chi connectivity index (χ3v) is 1.37. The van der Waals surface area contributed by atoms with E-state index < -0.39 is 0 Å². The molecule has 2 aromatic rings. The Kier molecular flexibility index (Phi) is 3.72. The van der Waals surface area contributed by atoms with E-state index in [1.807, 2.05) is 5.32 Å². The molecule has 0 saturated heterocycles. The second kappa shape index (κ2) is 5.24. The highest BCUT2D eigenvalue weighted by atomic mass is 15.1. The smallest absolute Gasteiger partial charge is 0.192 e. The lowest BCUT2D eigenvalue weighted by molar-refractivity contribution is 1.19. The van der Waals surface area contributed by atoms with Crippen molar-refractivity contribution in [3.8, 4) is 0 Å². The molecule has 0 saturated carbocycles. The van der Waals surface area contributed by atoms with Crippen LogP contribution in [-0.2, 0) is 0 Å². The molecule has 2 heterocycles. The van der Waals surface area contributed by atoms with E-state index in [1.165, 1.54) is 6.33 Å². The minimum atomic E-state index is -0.312. The summed E-state index contributed by atoms with van der Waals surface area (Å²) in [6.45, 7) is 0. The molecule has 8 N–H and O–H groups in total. The van der Waals surface area contributed by atoms with Crippen molar-refractivity contribution in [1.29, 1.82) is 10.8 Å². The molecule has 16 heavy (non-hydrogen) atoms. The number of guanidine groups is 2. The monoisotopic (exact) mass is 221 g/mol. The van der Waals surface area contributed by atoms with E-state index in [2.05, 4.69) is 19.9 Å². The fourth-order valence-corrected chi connectivity index (χ4v) is 0.836. The molecule has 2 rings (SSSR count). The lowest BCUT2D eigenvalue weighted by Gasteiger charge is -1.95. The molecule has 2 aromatic heterocycles. The number of nitrogens with two attached hydrogens (primary N) is 2. The van der Waals surface area contributed by atoms with Gasteiger partial charge in [-0.15, -0.1) is 0 Å². The number of nitrogens with one attached hydrogen (secondary N) is 4.